The number of halogens is 2. The van der Waals surface area contributed by atoms with Crippen molar-refractivity contribution in [1.82, 2.24) is 4.98 Å². The van der Waals surface area contributed by atoms with Gasteiger partial charge in [-0.3, -0.25) is 0 Å². The average Bonchev–Trinajstić information content (AvgIpc) is 2.72. The van der Waals surface area contributed by atoms with Gasteiger partial charge in [-0.15, -0.1) is 11.3 Å². The highest BCUT2D eigenvalue weighted by Gasteiger charge is 2.09. The van der Waals surface area contributed by atoms with Crippen molar-refractivity contribution in [2.45, 2.75) is 0 Å². The summed E-state index contributed by atoms with van der Waals surface area (Å²) in [7, 11) is 0. The van der Waals surface area contributed by atoms with Crippen LogP contribution in [-0.2, 0) is 0 Å². The highest BCUT2D eigenvalue weighted by molar-refractivity contribution is 9.10. The number of thiazole rings is 1. The molecule has 0 fully saturated rings. The van der Waals surface area contributed by atoms with Crippen molar-refractivity contribution in [3.8, 4) is 0 Å². The van der Waals surface area contributed by atoms with Crippen molar-refractivity contribution in [3.63, 3.8) is 0 Å². The molecule has 1 aromatic carbocycles. The Morgan fingerprint density at radius 3 is 2.88 bits per heavy atom. The zero-order chi connectivity index (χ0) is 12.4. The number of aromatic nitrogens is 1. The van der Waals surface area contributed by atoms with E-state index in [1.54, 1.807) is 12.1 Å². The second kappa shape index (κ2) is 4.80. The Morgan fingerprint density at radius 1 is 1.53 bits per heavy atom. The number of rotatable bonds is 3. The lowest BCUT2D eigenvalue weighted by Crippen LogP contribution is -1.97. The first kappa shape index (κ1) is 12.0. The van der Waals surface area contributed by atoms with Gasteiger partial charge in [0.1, 0.15) is 5.82 Å². The number of carbonyl (C=O) groups is 1. The molecule has 7 heteroatoms. The van der Waals surface area contributed by atoms with Gasteiger partial charge < -0.3 is 10.4 Å². The molecule has 0 radical (unpaired) electrons. The van der Waals surface area contributed by atoms with E-state index < -0.39 is 5.97 Å². The monoisotopic (exact) mass is 316 g/mol. The van der Waals surface area contributed by atoms with Crippen molar-refractivity contribution >= 4 is 44.1 Å². The number of anilines is 2. The Bertz CT molecular complexity index is 573. The largest absolute Gasteiger partial charge is 0.476 e. The number of hydrogen-bond donors (Lipinski definition) is 2. The van der Waals surface area contributed by atoms with E-state index in [0.29, 0.717) is 15.3 Å². The van der Waals surface area contributed by atoms with Gasteiger partial charge in [-0.2, -0.15) is 0 Å². The number of benzene rings is 1. The van der Waals surface area contributed by atoms with Crippen LogP contribution in [0.15, 0.2) is 28.1 Å². The topological polar surface area (TPSA) is 62.2 Å². The van der Waals surface area contributed by atoms with Crippen LogP contribution in [0.5, 0.6) is 0 Å². The van der Waals surface area contributed by atoms with Gasteiger partial charge in [0.25, 0.3) is 0 Å². The minimum absolute atomic E-state index is 0.0151. The smallest absolute Gasteiger partial charge is 0.355 e. The number of nitrogens with zero attached hydrogens (tertiary/aromatic N) is 1. The number of nitrogens with one attached hydrogen (secondary N) is 1. The van der Waals surface area contributed by atoms with Crippen LogP contribution in [-0.4, -0.2) is 16.1 Å². The molecule has 1 aromatic heterocycles. The molecule has 0 aliphatic rings. The summed E-state index contributed by atoms with van der Waals surface area (Å²) in [6.45, 7) is 0. The molecule has 0 atom stereocenters. The zero-order valence-corrected chi connectivity index (χ0v) is 10.7. The van der Waals surface area contributed by atoms with E-state index >= 15 is 0 Å². The predicted molar refractivity (Wildman–Crippen MR) is 66.5 cm³/mol. The lowest BCUT2D eigenvalue weighted by molar-refractivity contribution is 0.0691. The van der Waals surface area contributed by atoms with E-state index in [4.69, 9.17) is 5.11 Å². The van der Waals surface area contributed by atoms with Gasteiger partial charge in [-0.05, 0) is 34.1 Å². The van der Waals surface area contributed by atoms with Crippen molar-refractivity contribution in [3.05, 3.63) is 39.6 Å². The molecule has 0 aliphatic heterocycles. The number of carboxylic acid groups (broad SMARTS) is 1. The van der Waals surface area contributed by atoms with Crippen molar-refractivity contribution in [2.75, 3.05) is 5.32 Å². The first-order chi connectivity index (χ1) is 8.06. The summed E-state index contributed by atoms with van der Waals surface area (Å²) in [5.74, 6) is -1.43. The minimum atomic E-state index is -1.07. The third-order valence-electron chi connectivity index (χ3n) is 1.89. The Morgan fingerprint density at radius 2 is 2.29 bits per heavy atom. The first-order valence-corrected chi connectivity index (χ1v) is 6.14. The van der Waals surface area contributed by atoms with Crippen molar-refractivity contribution < 1.29 is 14.3 Å². The van der Waals surface area contributed by atoms with Crippen molar-refractivity contribution in [1.29, 1.82) is 0 Å². The van der Waals surface area contributed by atoms with Gasteiger partial charge in [0.05, 0.1) is 4.47 Å². The van der Waals surface area contributed by atoms with Crippen LogP contribution < -0.4 is 5.32 Å². The molecule has 0 spiro atoms. The normalized spacial score (nSPS) is 10.2. The van der Waals surface area contributed by atoms with Gasteiger partial charge in [0.2, 0.25) is 0 Å². The molecular formula is C10H6BrFN2O2S. The Hall–Kier alpha value is -1.47. The van der Waals surface area contributed by atoms with E-state index in [9.17, 15) is 9.18 Å². The molecule has 2 rings (SSSR count). The summed E-state index contributed by atoms with van der Waals surface area (Å²) in [4.78, 5) is 14.5. The maximum atomic E-state index is 13.0. The zero-order valence-electron chi connectivity index (χ0n) is 8.28. The third-order valence-corrected chi connectivity index (χ3v) is 3.26. The van der Waals surface area contributed by atoms with E-state index in [-0.39, 0.29) is 11.5 Å². The lowest BCUT2D eigenvalue weighted by Gasteiger charge is -2.03. The number of aromatic carboxylic acids is 1. The maximum absolute atomic E-state index is 13.0. The van der Waals surface area contributed by atoms with E-state index in [1.165, 1.54) is 22.8 Å². The molecule has 88 valence electrons. The molecular weight excluding hydrogens is 311 g/mol. The van der Waals surface area contributed by atoms with Crippen LogP contribution in [0.3, 0.4) is 0 Å². The molecule has 0 amide bonds. The summed E-state index contributed by atoms with van der Waals surface area (Å²) in [5.41, 5.74) is 0.614. The second-order valence-electron chi connectivity index (χ2n) is 3.10. The van der Waals surface area contributed by atoms with Crippen molar-refractivity contribution in [2.24, 2.45) is 0 Å². The Labute approximate surface area is 108 Å². The highest BCUT2D eigenvalue weighted by Crippen LogP contribution is 2.25. The van der Waals surface area contributed by atoms with Gasteiger partial charge >= 0.3 is 5.97 Å². The fraction of sp³-hybridized carbons (Fsp3) is 0. The molecule has 1 heterocycles. The van der Waals surface area contributed by atoms with Crippen LogP contribution in [0.4, 0.5) is 15.2 Å². The van der Waals surface area contributed by atoms with Crippen LogP contribution in [0, 0.1) is 5.82 Å². The molecule has 0 aliphatic carbocycles. The lowest BCUT2D eigenvalue weighted by atomic mass is 10.3. The molecule has 0 unspecified atom stereocenters. The maximum Gasteiger partial charge on any atom is 0.355 e. The van der Waals surface area contributed by atoms with Crippen LogP contribution in [0.2, 0.25) is 0 Å². The summed E-state index contributed by atoms with van der Waals surface area (Å²) < 4.78 is 13.3. The fourth-order valence-electron chi connectivity index (χ4n) is 1.13. The molecule has 0 bridgehead atoms. The highest BCUT2D eigenvalue weighted by atomic mass is 79.9. The van der Waals surface area contributed by atoms with Crippen LogP contribution >= 0.6 is 27.3 Å². The third kappa shape index (κ3) is 2.80. The summed E-state index contributed by atoms with van der Waals surface area (Å²) >= 11 is 4.23. The first-order valence-electron chi connectivity index (χ1n) is 4.47. The van der Waals surface area contributed by atoms with E-state index in [1.807, 2.05) is 0 Å². The molecule has 2 N–H and O–H groups in total. The number of carboxylic acids is 1. The SMILES string of the molecule is O=C(O)c1csc(Nc2ccc(F)c(Br)c2)n1. The van der Waals surface area contributed by atoms with Gasteiger partial charge in [0, 0.05) is 11.1 Å². The Balaban J connectivity index is 2.19. The summed E-state index contributed by atoms with van der Waals surface area (Å²) in [6, 6.07) is 4.40. The molecule has 0 saturated carbocycles. The summed E-state index contributed by atoms with van der Waals surface area (Å²) in [6.07, 6.45) is 0. The average molecular weight is 317 g/mol. The van der Waals surface area contributed by atoms with Crippen LogP contribution in [0.25, 0.3) is 0 Å². The molecule has 4 nitrogen and oxygen atoms in total. The molecule has 0 saturated heterocycles. The Kier molecular flexibility index (Phi) is 3.39. The second-order valence-corrected chi connectivity index (χ2v) is 4.81. The quantitative estimate of drug-likeness (QED) is 0.910. The minimum Gasteiger partial charge on any atom is -0.476 e. The standard InChI is InChI=1S/C10H6BrFN2O2S/c11-6-3-5(1-2-7(6)12)13-10-14-8(4-17-10)9(15)16/h1-4H,(H,13,14)(H,15,16). The van der Waals surface area contributed by atoms with Crippen LogP contribution in [0.1, 0.15) is 10.5 Å². The number of hydrogen-bond acceptors (Lipinski definition) is 4. The van der Waals surface area contributed by atoms with Gasteiger partial charge in [-0.1, -0.05) is 0 Å². The predicted octanol–water partition coefficient (Wildman–Crippen LogP) is 3.49. The van der Waals surface area contributed by atoms with Gasteiger partial charge in [0.15, 0.2) is 10.8 Å². The summed E-state index contributed by atoms with van der Waals surface area (Å²) in [5, 5.41) is 13.5. The molecule has 2 aromatic rings. The van der Waals surface area contributed by atoms with E-state index in [2.05, 4.69) is 26.2 Å². The molecule has 17 heavy (non-hydrogen) atoms. The fourth-order valence-corrected chi connectivity index (χ4v) is 2.21. The van der Waals surface area contributed by atoms with E-state index in [0.717, 1.165) is 0 Å². The van der Waals surface area contributed by atoms with Gasteiger partial charge in [-0.25, -0.2) is 14.2 Å².